The third kappa shape index (κ3) is 4.81. The van der Waals surface area contributed by atoms with Crippen molar-refractivity contribution < 1.29 is 9.90 Å². The highest BCUT2D eigenvalue weighted by Crippen LogP contribution is 2.14. The van der Waals surface area contributed by atoms with Crippen molar-refractivity contribution >= 4 is 5.78 Å². The fourth-order valence-corrected chi connectivity index (χ4v) is 2.52. The number of carbonyl (C=O) groups is 1. The molecule has 2 aromatic rings. The van der Waals surface area contributed by atoms with Gasteiger partial charge in [0.15, 0.2) is 0 Å². The molecule has 1 atom stereocenters. The van der Waals surface area contributed by atoms with Crippen molar-refractivity contribution in [2.24, 2.45) is 5.92 Å². The molecule has 22 heavy (non-hydrogen) atoms. The highest BCUT2D eigenvalue weighted by molar-refractivity contribution is 5.81. The van der Waals surface area contributed by atoms with E-state index in [1.165, 1.54) is 16.7 Å². The Kier molecular flexibility index (Phi) is 5.91. The standard InChI is InChI=1S/C20H24O2/c1-15-3-7-17(8-4-15)11-12-20(22)19(14-21)13-18-9-5-16(2)6-10-18/h3-10,19,21H,11-14H2,1-2H3. The zero-order valence-corrected chi connectivity index (χ0v) is 13.4. The number of Topliss-reactive ketones (excluding diaryl/α,β-unsaturated/α-hetero) is 1. The third-order valence-electron chi connectivity index (χ3n) is 4.06. The van der Waals surface area contributed by atoms with Crippen molar-refractivity contribution in [2.75, 3.05) is 6.61 Å². The summed E-state index contributed by atoms with van der Waals surface area (Å²) in [5.74, 6) is -0.156. The van der Waals surface area contributed by atoms with E-state index >= 15 is 0 Å². The molecule has 0 aliphatic heterocycles. The topological polar surface area (TPSA) is 37.3 Å². The van der Waals surface area contributed by atoms with Gasteiger partial charge in [0.2, 0.25) is 0 Å². The Morgan fingerprint density at radius 1 is 0.909 bits per heavy atom. The second kappa shape index (κ2) is 7.90. The molecule has 1 N–H and O–H groups in total. The van der Waals surface area contributed by atoms with E-state index < -0.39 is 0 Å². The maximum absolute atomic E-state index is 12.3. The van der Waals surface area contributed by atoms with Crippen LogP contribution < -0.4 is 0 Å². The summed E-state index contributed by atoms with van der Waals surface area (Å²) in [4.78, 5) is 12.3. The molecule has 2 heteroatoms. The number of rotatable bonds is 7. The molecule has 2 rings (SSSR count). The molecule has 0 amide bonds. The second-order valence-corrected chi connectivity index (χ2v) is 6.02. The number of hydrogen-bond donors (Lipinski definition) is 1. The predicted molar refractivity (Wildman–Crippen MR) is 90.0 cm³/mol. The lowest BCUT2D eigenvalue weighted by Crippen LogP contribution is -2.21. The molecule has 0 spiro atoms. The van der Waals surface area contributed by atoms with E-state index in [0.29, 0.717) is 12.8 Å². The van der Waals surface area contributed by atoms with Crippen molar-refractivity contribution in [3.8, 4) is 0 Å². The van der Waals surface area contributed by atoms with E-state index in [4.69, 9.17) is 0 Å². The minimum atomic E-state index is -0.298. The summed E-state index contributed by atoms with van der Waals surface area (Å²) in [5, 5.41) is 9.53. The zero-order valence-electron chi connectivity index (χ0n) is 13.4. The molecule has 116 valence electrons. The van der Waals surface area contributed by atoms with Crippen LogP contribution in [0, 0.1) is 19.8 Å². The van der Waals surface area contributed by atoms with E-state index in [-0.39, 0.29) is 18.3 Å². The maximum atomic E-state index is 12.3. The van der Waals surface area contributed by atoms with Crippen LogP contribution in [0.5, 0.6) is 0 Å². The molecule has 0 bridgehead atoms. The van der Waals surface area contributed by atoms with Crippen LogP contribution in [0.15, 0.2) is 48.5 Å². The first kappa shape index (κ1) is 16.4. The Balaban J connectivity index is 1.91. The van der Waals surface area contributed by atoms with E-state index in [0.717, 1.165) is 12.0 Å². The van der Waals surface area contributed by atoms with E-state index in [9.17, 15) is 9.90 Å². The summed E-state index contributed by atoms with van der Waals surface area (Å²) in [7, 11) is 0. The van der Waals surface area contributed by atoms with E-state index in [1.807, 2.05) is 31.2 Å². The van der Waals surface area contributed by atoms with Gasteiger partial charge in [0.05, 0.1) is 6.61 Å². The summed E-state index contributed by atoms with van der Waals surface area (Å²) in [6.45, 7) is 4.01. The fourth-order valence-electron chi connectivity index (χ4n) is 2.52. The maximum Gasteiger partial charge on any atom is 0.138 e. The molecule has 2 aromatic carbocycles. The molecule has 2 nitrogen and oxygen atoms in total. The Hall–Kier alpha value is -1.93. The number of aliphatic hydroxyl groups excluding tert-OH is 1. The van der Waals surface area contributed by atoms with Crippen LogP contribution >= 0.6 is 0 Å². The zero-order chi connectivity index (χ0) is 15.9. The van der Waals surface area contributed by atoms with Gasteiger partial charge in [-0.05, 0) is 37.8 Å². The summed E-state index contributed by atoms with van der Waals surface area (Å²) >= 11 is 0. The van der Waals surface area contributed by atoms with E-state index in [1.54, 1.807) is 0 Å². The second-order valence-electron chi connectivity index (χ2n) is 6.02. The smallest absolute Gasteiger partial charge is 0.138 e. The molecule has 0 aliphatic rings. The molecule has 0 saturated carbocycles. The summed E-state index contributed by atoms with van der Waals surface area (Å²) in [6.07, 6.45) is 1.84. The normalized spacial score (nSPS) is 12.1. The van der Waals surface area contributed by atoms with Crippen LogP contribution in [0.3, 0.4) is 0 Å². The first-order valence-electron chi connectivity index (χ1n) is 7.83. The van der Waals surface area contributed by atoms with Gasteiger partial charge >= 0.3 is 0 Å². The molecule has 0 fully saturated rings. The van der Waals surface area contributed by atoms with Gasteiger partial charge in [-0.1, -0.05) is 59.7 Å². The lowest BCUT2D eigenvalue weighted by molar-refractivity contribution is -0.124. The average Bonchev–Trinajstić information content (AvgIpc) is 2.53. The lowest BCUT2D eigenvalue weighted by Gasteiger charge is -2.13. The van der Waals surface area contributed by atoms with Crippen LogP contribution in [-0.4, -0.2) is 17.5 Å². The first-order chi connectivity index (χ1) is 10.6. The number of benzene rings is 2. The van der Waals surface area contributed by atoms with Crippen molar-refractivity contribution in [3.05, 3.63) is 70.8 Å². The van der Waals surface area contributed by atoms with Crippen LogP contribution in [0.4, 0.5) is 0 Å². The lowest BCUT2D eigenvalue weighted by atomic mass is 9.92. The van der Waals surface area contributed by atoms with Crippen LogP contribution in [0.1, 0.15) is 28.7 Å². The van der Waals surface area contributed by atoms with Crippen molar-refractivity contribution in [1.29, 1.82) is 0 Å². The van der Waals surface area contributed by atoms with Crippen molar-refractivity contribution in [2.45, 2.75) is 33.1 Å². The van der Waals surface area contributed by atoms with Crippen LogP contribution in [-0.2, 0) is 17.6 Å². The number of ketones is 1. The molecular weight excluding hydrogens is 272 g/mol. The van der Waals surface area contributed by atoms with Gasteiger partial charge in [-0.2, -0.15) is 0 Å². The highest BCUT2D eigenvalue weighted by Gasteiger charge is 2.17. The van der Waals surface area contributed by atoms with Crippen LogP contribution in [0.25, 0.3) is 0 Å². The molecule has 0 radical (unpaired) electrons. The fraction of sp³-hybridized carbons (Fsp3) is 0.350. The average molecular weight is 296 g/mol. The third-order valence-corrected chi connectivity index (χ3v) is 4.06. The van der Waals surface area contributed by atoms with Gasteiger partial charge in [0.25, 0.3) is 0 Å². The highest BCUT2D eigenvalue weighted by atomic mass is 16.3. The number of aryl methyl sites for hydroxylation is 3. The molecule has 0 saturated heterocycles. The van der Waals surface area contributed by atoms with Gasteiger partial charge in [-0.15, -0.1) is 0 Å². The number of aliphatic hydroxyl groups is 1. The minimum absolute atomic E-state index is 0.0827. The number of carbonyl (C=O) groups excluding carboxylic acids is 1. The van der Waals surface area contributed by atoms with E-state index in [2.05, 4.69) is 31.2 Å². The van der Waals surface area contributed by atoms with Gasteiger partial charge in [0.1, 0.15) is 5.78 Å². The predicted octanol–water partition coefficient (Wildman–Crippen LogP) is 3.66. The molecular formula is C20H24O2. The Morgan fingerprint density at radius 3 is 1.91 bits per heavy atom. The first-order valence-corrected chi connectivity index (χ1v) is 7.83. The molecule has 0 aliphatic carbocycles. The van der Waals surface area contributed by atoms with Gasteiger partial charge in [0, 0.05) is 12.3 Å². The SMILES string of the molecule is Cc1ccc(CCC(=O)C(CO)Cc2ccc(C)cc2)cc1. The Labute approximate surface area is 132 Å². The quantitative estimate of drug-likeness (QED) is 0.846. The Morgan fingerprint density at radius 2 is 1.41 bits per heavy atom. The summed E-state index contributed by atoms with van der Waals surface area (Å²) in [6, 6.07) is 16.4. The van der Waals surface area contributed by atoms with Gasteiger partial charge in [-0.25, -0.2) is 0 Å². The van der Waals surface area contributed by atoms with Crippen molar-refractivity contribution in [1.82, 2.24) is 0 Å². The monoisotopic (exact) mass is 296 g/mol. The Bertz CT molecular complexity index is 597. The molecule has 0 aromatic heterocycles. The largest absolute Gasteiger partial charge is 0.396 e. The van der Waals surface area contributed by atoms with Gasteiger partial charge in [-0.3, -0.25) is 4.79 Å². The van der Waals surface area contributed by atoms with Gasteiger partial charge < -0.3 is 5.11 Å². The number of hydrogen-bond acceptors (Lipinski definition) is 2. The molecule has 0 heterocycles. The summed E-state index contributed by atoms with van der Waals surface area (Å²) < 4.78 is 0. The van der Waals surface area contributed by atoms with Crippen LogP contribution in [0.2, 0.25) is 0 Å². The minimum Gasteiger partial charge on any atom is -0.396 e. The summed E-state index contributed by atoms with van der Waals surface area (Å²) in [5.41, 5.74) is 4.71. The molecule has 1 unspecified atom stereocenters. The van der Waals surface area contributed by atoms with Crippen molar-refractivity contribution in [3.63, 3.8) is 0 Å².